The Morgan fingerprint density at radius 1 is 1.11 bits per heavy atom. The van der Waals surface area contributed by atoms with E-state index in [2.05, 4.69) is 8.83 Å². The summed E-state index contributed by atoms with van der Waals surface area (Å²) >= 11 is 0. The highest BCUT2D eigenvalue weighted by atomic mass is 31.3. The summed E-state index contributed by atoms with van der Waals surface area (Å²) in [6.07, 6.45) is -0.943. The fourth-order valence-electron chi connectivity index (χ4n) is 2.51. The SMILES string of the molecule is CCC(C)C1CC(OC)C(COP(=O)(O)CCP(=O)(O)OP(=O)(O)OC)O1. The lowest BCUT2D eigenvalue weighted by Crippen LogP contribution is -2.28. The van der Waals surface area contributed by atoms with Crippen LogP contribution in [0.2, 0.25) is 0 Å². The van der Waals surface area contributed by atoms with Crippen LogP contribution in [-0.2, 0) is 36.5 Å². The van der Waals surface area contributed by atoms with E-state index in [9.17, 15) is 23.5 Å². The van der Waals surface area contributed by atoms with Crippen LogP contribution in [-0.4, -0.2) is 66.1 Å². The molecule has 0 amide bonds. The lowest BCUT2D eigenvalue weighted by Gasteiger charge is -2.21. The number of phosphoric ester groups is 1. The molecule has 0 aromatic carbocycles. The molecule has 7 unspecified atom stereocenters. The van der Waals surface area contributed by atoms with Gasteiger partial charge in [-0.25, -0.2) is 8.88 Å². The Kier molecular flexibility index (Phi) is 9.80. The zero-order chi connectivity index (χ0) is 20.9. The molecule has 0 spiro atoms. The van der Waals surface area contributed by atoms with Gasteiger partial charge in [0.2, 0.25) is 0 Å². The quantitative estimate of drug-likeness (QED) is 0.372. The van der Waals surface area contributed by atoms with Gasteiger partial charge in [0.05, 0.1) is 31.1 Å². The van der Waals surface area contributed by atoms with Crippen molar-refractivity contribution in [2.75, 3.05) is 33.2 Å². The third-order valence-corrected chi connectivity index (χ3v) is 9.17. The molecule has 0 aromatic rings. The molecule has 0 aliphatic carbocycles. The minimum absolute atomic E-state index is 0.0505. The molecule has 0 saturated carbocycles. The van der Waals surface area contributed by atoms with E-state index in [0.717, 1.165) is 13.5 Å². The van der Waals surface area contributed by atoms with Crippen molar-refractivity contribution in [1.82, 2.24) is 0 Å². The van der Waals surface area contributed by atoms with Gasteiger partial charge in [-0.3, -0.25) is 13.7 Å². The molecule has 1 fully saturated rings. The Balaban J connectivity index is 2.56. The van der Waals surface area contributed by atoms with Crippen LogP contribution < -0.4 is 0 Å². The average molecular weight is 454 g/mol. The van der Waals surface area contributed by atoms with Gasteiger partial charge < -0.3 is 28.7 Å². The highest BCUT2D eigenvalue weighted by molar-refractivity contribution is 7.64. The lowest BCUT2D eigenvalue weighted by atomic mass is 9.98. The van der Waals surface area contributed by atoms with Gasteiger partial charge in [0, 0.05) is 20.6 Å². The highest BCUT2D eigenvalue weighted by Gasteiger charge is 2.40. The van der Waals surface area contributed by atoms with Crippen molar-refractivity contribution < 1.29 is 51.2 Å². The Morgan fingerprint density at radius 2 is 1.70 bits per heavy atom. The molecule has 7 atom stereocenters. The van der Waals surface area contributed by atoms with Crippen molar-refractivity contribution in [1.29, 1.82) is 0 Å². The Bertz CT molecular complexity index is 612. The minimum atomic E-state index is -4.70. The molecule has 1 heterocycles. The molecule has 1 aliphatic heterocycles. The molecule has 1 aliphatic rings. The molecule has 27 heavy (non-hydrogen) atoms. The summed E-state index contributed by atoms with van der Waals surface area (Å²) in [5.74, 6) is 0.293. The van der Waals surface area contributed by atoms with Gasteiger partial charge in [-0.2, -0.15) is 0 Å². The van der Waals surface area contributed by atoms with Crippen LogP contribution in [0.3, 0.4) is 0 Å². The van der Waals surface area contributed by atoms with Crippen LogP contribution in [0.25, 0.3) is 0 Å². The van der Waals surface area contributed by atoms with E-state index in [0.29, 0.717) is 12.3 Å². The van der Waals surface area contributed by atoms with Crippen molar-refractivity contribution >= 4 is 23.0 Å². The zero-order valence-corrected chi connectivity index (χ0v) is 18.5. The summed E-state index contributed by atoms with van der Waals surface area (Å²) in [6.45, 7) is 3.84. The van der Waals surface area contributed by atoms with Gasteiger partial charge in [-0.15, -0.1) is 0 Å². The predicted octanol–water partition coefficient (Wildman–Crippen LogP) is 2.36. The molecule has 0 bridgehead atoms. The predicted molar refractivity (Wildman–Crippen MR) is 96.8 cm³/mol. The van der Waals surface area contributed by atoms with Crippen molar-refractivity contribution in [3.63, 3.8) is 0 Å². The Morgan fingerprint density at radius 3 is 2.22 bits per heavy atom. The number of ether oxygens (including phenoxy) is 2. The first-order valence-electron chi connectivity index (χ1n) is 8.41. The third-order valence-electron chi connectivity index (χ3n) is 4.38. The van der Waals surface area contributed by atoms with E-state index in [4.69, 9.17) is 18.9 Å². The molecule has 0 radical (unpaired) electrons. The maximum Gasteiger partial charge on any atom is 0.479 e. The Labute approximate surface area is 159 Å². The van der Waals surface area contributed by atoms with Crippen molar-refractivity contribution in [2.24, 2.45) is 5.92 Å². The number of hydrogen-bond donors (Lipinski definition) is 3. The fourth-order valence-corrected chi connectivity index (χ4v) is 6.93. The van der Waals surface area contributed by atoms with Crippen molar-refractivity contribution in [3.8, 4) is 0 Å². The molecule has 0 aromatic heterocycles. The minimum Gasteiger partial charge on any atom is -0.379 e. The molecular weight excluding hydrogens is 425 g/mol. The average Bonchev–Trinajstić information content (AvgIpc) is 3.00. The van der Waals surface area contributed by atoms with Gasteiger partial charge in [0.15, 0.2) is 0 Å². The largest absolute Gasteiger partial charge is 0.479 e. The van der Waals surface area contributed by atoms with Crippen LogP contribution in [0, 0.1) is 5.92 Å². The summed E-state index contributed by atoms with van der Waals surface area (Å²) in [5.41, 5.74) is 0. The molecule has 1 saturated heterocycles. The van der Waals surface area contributed by atoms with Gasteiger partial charge in [-0.1, -0.05) is 20.3 Å². The van der Waals surface area contributed by atoms with Gasteiger partial charge in [0.1, 0.15) is 6.10 Å². The second kappa shape index (κ2) is 10.4. The molecular formula is C13H29O11P3. The summed E-state index contributed by atoms with van der Waals surface area (Å²) in [6, 6.07) is 0. The van der Waals surface area contributed by atoms with Crippen LogP contribution in [0.15, 0.2) is 0 Å². The normalized spacial score (nSPS) is 31.0. The molecule has 14 heteroatoms. The van der Waals surface area contributed by atoms with Crippen LogP contribution in [0.4, 0.5) is 0 Å². The third kappa shape index (κ3) is 8.72. The molecule has 3 N–H and O–H groups in total. The van der Waals surface area contributed by atoms with Gasteiger partial charge >= 0.3 is 23.0 Å². The first-order chi connectivity index (χ1) is 12.3. The number of rotatable bonds is 12. The maximum absolute atomic E-state index is 12.1. The van der Waals surface area contributed by atoms with E-state index in [1.165, 1.54) is 7.11 Å². The van der Waals surface area contributed by atoms with E-state index in [-0.39, 0.29) is 18.8 Å². The van der Waals surface area contributed by atoms with Crippen LogP contribution in [0.1, 0.15) is 26.7 Å². The summed E-state index contributed by atoms with van der Waals surface area (Å²) in [4.78, 5) is 28.4. The molecule has 1 rings (SSSR count). The molecule has 11 nitrogen and oxygen atoms in total. The summed E-state index contributed by atoms with van der Waals surface area (Å²) in [7, 11) is -11.3. The summed E-state index contributed by atoms with van der Waals surface area (Å²) in [5, 5.41) is 0. The second-order valence-corrected chi connectivity index (χ2v) is 12.0. The van der Waals surface area contributed by atoms with Gasteiger partial charge in [-0.05, 0) is 5.92 Å². The first-order valence-corrected chi connectivity index (χ1v) is 13.4. The number of methoxy groups -OCH3 is 1. The second-order valence-electron chi connectivity index (χ2n) is 6.36. The topological polar surface area (TPSA) is 158 Å². The summed E-state index contributed by atoms with van der Waals surface area (Å²) < 4.78 is 59.4. The van der Waals surface area contributed by atoms with Gasteiger partial charge in [0.25, 0.3) is 0 Å². The smallest absolute Gasteiger partial charge is 0.379 e. The lowest BCUT2D eigenvalue weighted by molar-refractivity contribution is -0.0416. The fraction of sp³-hybridized carbons (Fsp3) is 1.00. The monoisotopic (exact) mass is 454 g/mol. The van der Waals surface area contributed by atoms with Crippen molar-refractivity contribution in [2.45, 2.75) is 45.0 Å². The van der Waals surface area contributed by atoms with E-state index < -0.39 is 41.4 Å². The molecule has 162 valence electrons. The van der Waals surface area contributed by atoms with Crippen LogP contribution >= 0.6 is 23.0 Å². The standard InChI is InChI=1S/C13H29O11P3/c1-5-10(2)11-8-12(20-3)13(23-11)9-22-25(14,15)6-7-26(16,17)24-27(18,19)21-4/h10-13H,5-9H2,1-4H3,(H,14,15)(H,16,17)(H,18,19). The maximum atomic E-state index is 12.1. The van der Waals surface area contributed by atoms with Crippen LogP contribution in [0.5, 0.6) is 0 Å². The first kappa shape index (κ1) is 25.4. The van der Waals surface area contributed by atoms with E-state index >= 15 is 0 Å². The zero-order valence-electron chi connectivity index (χ0n) is 15.8. The highest BCUT2D eigenvalue weighted by Crippen LogP contribution is 2.60. The van der Waals surface area contributed by atoms with E-state index in [1.54, 1.807) is 0 Å². The van der Waals surface area contributed by atoms with E-state index in [1.807, 2.05) is 13.8 Å². The Hall–Kier alpha value is 0.370. The van der Waals surface area contributed by atoms with Crippen molar-refractivity contribution in [3.05, 3.63) is 0 Å². The number of hydrogen-bond acceptors (Lipinski definition) is 8. The number of phosphoric acid groups is 1.